The normalized spacial score (nSPS) is 10.8. The molecule has 0 bridgehead atoms. The van der Waals surface area contributed by atoms with Crippen molar-refractivity contribution in [3.63, 3.8) is 0 Å². The second-order valence-corrected chi connectivity index (χ2v) is 6.49. The van der Waals surface area contributed by atoms with E-state index in [0.717, 1.165) is 5.69 Å². The summed E-state index contributed by atoms with van der Waals surface area (Å²) in [5, 5.41) is 2.81. The van der Waals surface area contributed by atoms with E-state index in [0.29, 0.717) is 11.4 Å². The minimum atomic E-state index is -0.500. The summed E-state index contributed by atoms with van der Waals surface area (Å²) in [6.45, 7) is 5.50. The number of para-hydroxylation sites is 1. The molecule has 0 aliphatic heterocycles. The van der Waals surface area contributed by atoms with Crippen molar-refractivity contribution in [1.82, 2.24) is 0 Å². The maximum atomic E-state index is 12.2. The van der Waals surface area contributed by atoms with Crippen molar-refractivity contribution in [2.75, 3.05) is 17.3 Å². The molecule has 2 rings (SSSR count). The van der Waals surface area contributed by atoms with Crippen LogP contribution in [0.3, 0.4) is 0 Å². The third-order valence-electron chi connectivity index (χ3n) is 3.40. The maximum absolute atomic E-state index is 12.2. The van der Waals surface area contributed by atoms with Crippen molar-refractivity contribution in [3.8, 4) is 5.75 Å². The van der Waals surface area contributed by atoms with Gasteiger partial charge in [-0.1, -0.05) is 45.0 Å². The molecule has 0 aromatic heterocycles. The molecule has 126 valence electrons. The van der Waals surface area contributed by atoms with Crippen molar-refractivity contribution in [2.45, 2.75) is 20.8 Å². The van der Waals surface area contributed by atoms with Gasteiger partial charge in [0.15, 0.2) is 0 Å². The molecule has 0 radical (unpaired) electrons. The first-order chi connectivity index (χ1) is 11.3. The monoisotopic (exact) mass is 326 g/mol. The van der Waals surface area contributed by atoms with Gasteiger partial charge in [-0.3, -0.25) is 9.69 Å². The molecule has 1 N–H and O–H groups in total. The van der Waals surface area contributed by atoms with Gasteiger partial charge >= 0.3 is 6.09 Å². The summed E-state index contributed by atoms with van der Waals surface area (Å²) in [7, 11) is 1.64. The Morgan fingerprint density at radius 3 is 2.29 bits per heavy atom. The van der Waals surface area contributed by atoms with Gasteiger partial charge < -0.3 is 10.1 Å². The van der Waals surface area contributed by atoms with Crippen LogP contribution in [-0.2, 0) is 4.79 Å². The van der Waals surface area contributed by atoms with Gasteiger partial charge in [-0.2, -0.15) is 0 Å². The van der Waals surface area contributed by atoms with Crippen LogP contribution in [0, 0.1) is 5.41 Å². The highest BCUT2D eigenvalue weighted by Gasteiger charge is 2.21. The molecule has 0 aliphatic rings. The third kappa shape index (κ3) is 4.59. The molecule has 0 saturated heterocycles. The Morgan fingerprint density at radius 1 is 1.00 bits per heavy atom. The summed E-state index contributed by atoms with van der Waals surface area (Å²) < 4.78 is 5.37. The predicted molar refractivity (Wildman–Crippen MR) is 95.4 cm³/mol. The molecule has 0 fully saturated rings. The van der Waals surface area contributed by atoms with Gasteiger partial charge in [0, 0.05) is 29.9 Å². The van der Waals surface area contributed by atoms with Gasteiger partial charge in [-0.05, 0) is 24.3 Å². The molecule has 0 unspecified atom stereocenters. The SMILES string of the molecule is CN(C(=O)Oc1cccc(NC(=O)C(C)(C)C)c1)c1ccccc1. The molecule has 0 aliphatic carbocycles. The number of anilines is 2. The zero-order valence-electron chi connectivity index (χ0n) is 14.4. The molecule has 2 aromatic carbocycles. The number of rotatable bonds is 3. The fraction of sp³-hybridized carbons (Fsp3) is 0.263. The van der Waals surface area contributed by atoms with E-state index in [4.69, 9.17) is 4.74 Å². The fourth-order valence-corrected chi connectivity index (χ4v) is 1.88. The average Bonchev–Trinajstić information content (AvgIpc) is 2.54. The summed E-state index contributed by atoms with van der Waals surface area (Å²) >= 11 is 0. The smallest absolute Gasteiger partial charge is 0.410 e. The number of hydrogen-bond donors (Lipinski definition) is 1. The van der Waals surface area contributed by atoms with Crippen molar-refractivity contribution >= 4 is 23.4 Å². The lowest BCUT2D eigenvalue weighted by atomic mass is 9.95. The molecule has 0 spiro atoms. The van der Waals surface area contributed by atoms with Crippen molar-refractivity contribution < 1.29 is 14.3 Å². The molecule has 0 atom stereocenters. The zero-order valence-corrected chi connectivity index (χ0v) is 14.4. The molecule has 24 heavy (non-hydrogen) atoms. The number of carbonyl (C=O) groups is 2. The summed E-state index contributed by atoms with van der Waals surface area (Å²) in [5.41, 5.74) is 0.822. The Balaban J connectivity index is 2.06. The fourth-order valence-electron chi connectivity index (χ4n) is 1.88. The number of ether oxygens (including phenoxy) is 1. The first kappa shape index (κ1) is 17.5. The van der Waals surface area contributed by atoms with E-state index in [1.165, 1.54) is 4.90 Å². The Hall–Kier alpha value is -2.82. The van der Waals surface area contributed by atoms with Gasteiger partial charge in [0.2, 0.25) is 5.91 Å². The summed E-state index contributed by atoms with van der Waals surface area (Å²) in [4.78, 5) is 25.7. The van der Waals surface area contributed by atoms with Crippen LogP contribution in [0.15, 0.2) is 54.6 Å². The highest BCUT2D eigenvalue weighted by Crippen LogP contribution is 2.22. The Bertz CT molecular complexity index is 721. The number of amides is 2. The number of nitrogens with zero attached hydrogens (tertiary/aromatic N) is 1. The van der Waals surface area contributed by atoms with Gasteiger partial charge in [0.05, 0.1) is 0 Å². The van der Waals surface area contributed by atoms with Gasteiger partial charge in [0.1, 0.15) is 5.75 Å². The van der Waals surface area contributed by atoms with Crippen LogP contribution in [0.2, 0.25) is 0 Å². The third-order valence-corrected chi connectivity index (χ3v) is 3.40. The average molecular weight is 326 g/mol. The number of nitrogens with one attached hydrogen (secondary N) is 1. The van der Waals surface area contributed by atoms with Crippen LogP contribution >= 0.6 is 0 Å². The Morgan fingerprint density at radius 2 is 1.67 bits per heavy atom. The lowest BCUT2D eigenvalue weighted by Crippen LogP contribution is -2.29. The highest BCUT2D eigenvalue weighted by molar-refractivity contribution is 5.95. The summed E-state index contributed by atoms with van der Waals surface area (Å²) in [6, 6.07) is 16.0. The molecule has 2 aromatic rings. The molecule has 0 heterocycles. The lowest BCUT2D eigenvalue weighted by molar-refractivity contribution is -0.123. The van der Waals surface area contributed by atoms with E-state index >= 15 is 0 Å². The number of hydrogen-bond acceptors (Lipinski definition) is 3. The van der Waals surface area contributed by atoms with Crippen molar-refractivity contribution in [3.05, 3.63) is 54.6 Å². The first-order valence-electron chi connectivity index (χ1n) is 7.69. The van der Waals surface area contributed by atoms with E-state index in [2.05, 4.69) is 5.32 Å². The van der Waals surface area contributed by atoms with Crippen molar-refractivity contribution in [2.24, 2.45) is 5.41 Å². The van der Waals surface area contributed by atoms with Crippen LogP contribution in [0.5, 0.6) is 5.75 Å². The van der Waals surface area contributed by atoms with Gasteiger partial charge in [-0.25, -0.2) is 4.79 Å². The maximum Gasteiger partial charge on any atom is 0.419 e. The van der Waals surface area contributed by atoms with Crippen LogP contribution < -0.4 is 15.0 Å². The number of carbonyl (C=O) groups excluding carboxylic acids is 2. The van der Waals surface area contributed by atoms with Gasteiger partial charge in [0.25, 0.3) is 0 Å². The van der Waals surface area contributed by atoms with E-state index in [1.54, 1.807) is 31.3 Å². The highest BCUT2D eigenvalue weighted by atomic mass is 16.6. The zero-order chi connectivity index (χ0) is 17.7. The quantitative estimate of drug-likeness (QED) is 0.914. The molecular formula is C19H22N2O3. The van der Waals surface area contributed by atoms with E-state index < -0.39 is 11.5 Å². The predicted octanol–water partition coefficient (Wildman–Crippen LogP) is 4.31. The standard InChI is InChI=1S/C19H22N2O3/c1-19(2,3)17(22)20-14-9-8-12-16(13-14)24-18(23)21(4)15-10-6-5-7-11-15/h5-13H,1-4H3,(H,20,22). The molecule has 5 heteroatoms. The van der Waals surface area contributed by atoms with Crippen LogP contribution in [-0.4, -0.2) is 19.0 Å². The minimum absolute atomic E-state index is 0.104. The van der Waals surface area contributed by atoms with Crippen LogP contribution in [0.1, 0.15) is 20.8 Å². The van der Waals surface area contributed by atoms with Crippen LogP contribution in [0.4, 0.5) is 16.2 Å². The molecule has 0 saturated carbocycles. The second-order valence-electron chi connectivity index (χ2n) is 6.49. The largest absolute Gasteiger partial charge is 0.419 e. The first-order valence-corrected chi connectivity index (χ1v) is 7.69. The lowest BCUT2D eigenvalue weighted by Gasteiger charge is -2.19. The summed E-state index contributed by atoms with van der Waals surface area (Å²) in [6.07, 6.45) is -0.500. The van der Waals surface area contributed by atoms with Crippen molar-refractivity contribution in [1.29, 1.82) is 0 Å². The number of benzene rings is 2. The van der Waals surface area contributed by atoms with E-state index in [9.17, 15) is 9.59 Å². The second kappa shape index (κ2) is 7.17. The summed E-state index contributed by atoms with van der Waals surface area (Å²) in [5.74, 6) is 0.266. The van der Waals surface area contributed by atoms with Crippen LogP contribution in [0.25, 0.3) is 0 Å². The van der Waals surface area contributed by atoms with E-state index in [1.807, 2.05) is 51.1 Å². The van der Waals surface area contributed by atoms with Gasteiger partial charge in [-0.15, -0.1) is 0 Å². The molecule has 2 amide bonds. The molecular weight excluding hydrogens is 304 g/mol. The Kier molecular flexibility index (Phi) is 5.24. The minimum Gasteiger partial charge on any atom is -0.410 e. The topological polar surface area (TPSA) is 58.6 Å². The van der Waals surface area contributed by atoms with E-state index in [-0.39, 0.29) is 5.91 Å². The molecule has 5 nitrogen and oxygen atoms in total. The Labute approximate surface area is 142 Å².